The smallest absolute Gasteiger partial charge is 0.322 e. The maximum absolute atomic E-state index is 14.0. The number of nitrogens with zero attached hydrogens (tertiary/aromatic N) is 1. The van der Waals surface area contributed by atoms with Gasteiger partial charge in [-0.2, -0.15) is 0 Å². The highest BCUT2D eigenvalue weighted by atomic mass is 16.4. The molecule has 2 aliphatic rings. The van der Waals surface area contributed by atoms with Crippen molar-refractivity contribution in [2.24, 2.45) is 41.4 Å². The second kappa shape index (κ2) is 33.5. The number of allylic oxidation sites excluding steroid dienone is 5. The second-order valence-electron chi connectivity index (χ2n) is 22.7. The molecule has 18 heteroatoms. The van der Waals surface area contributed by atoms with Crippen molar-refractivity contribution in [2.75, 3.05) is 6.54 Å². The van der Waals surface area contributed by atoms with Crippen molar-refractivity contribution >= 4 is 35.4 Å². The number of Topliss-reactive ketones (excluding diaryl/α,β-unsaturated/α-hetero) is 1. The fraction of sp³-hybridized carbons (Fsp3) is 0.695. The Hall–Kier alpha value is -4.98. The molecule has 0 aliphatic carbocycles. The van der Waals surface area contributed by atoms with Gasteiger partial charge in [-0.25, -0.2) is 5.43 Å². The number of ketones is 1. The largest absolute Gasteiger partial charge is 0.508 e. The predicted octanol–water partition coefficient (Wildman–Crippen LogP) is 5.57. The number of aliphatic hydroxyl groups excluding tert-OH is 5. The third-order valence-electron chi connectivity index (χ3n) is 15.8. The molecule has 2 heterocycles. The van der Waals surface area contributed by atoms with Crippen LogP contribution in [0.1, 0.15) is 158 Å². The predicted molar refractivity (Wildman–Crippen MR) is 295 cm³/mol. The topological polar surface area (TPSA) is 295 Å². The number of rotatable bonds is 33. The average Bonchev–Trinajstić information content (AvgIpc) is 3.39. The summed E-state index contributed by atoms with van der Waals surface area (Å²) in [5, 5.41) is 84.6. The first-order valence-electron chi connectivity index (χ1n) is 28.2. The number of carbonyl (C=O) groups is 6. The Bertz CT molecular complexity index is 2130. The molecule has 18 nitrogen and oxygen atoms in total. The molecule has 14 unspecified atom stereocenters. The molecule has 15 atom stereocenters. The van der Waals surface area contributed by atoms with E-state index in [4.69, 9.17) is 0 Å². The van der Waals surface area contributed by atoms with Gasteiger partial charge in [0.25, 0.3) is 5.91 Å². The van der Waals surface area contributed by atoms with E-state index in [1.54, 1.807) is 39.0 Å². The minimum Gasteiger partial charge on any atom is -0.508 e. The first-order valence-corrected chi connectivity index (χ1v) is 28.2. The SMILES string of the molecule is CCC1CCC(C(C)C(O)C(C)CCC(O)C(C)CCC(O)C(O)/C=C(\C)CC/C=C/C=C/CC(C)C(O)[C@@H](CCC(C)=O)C(=O)NC(C(=O)NC(Cc2cccc(O)c2)C(=O)N2CCCC(C(=O)O)N2)C(C)C)NC1=O. The number of carboxylic acid groups (broad SMARTS) is 1. The molecule has 0 spiro atoms. The number of phenolic OH excluding ortho intramolecular Hbond substituents is 1. The lowest BCUT2D eigenvalue weighted by Crippen LogP contribution is -2.62. The lowest BCUT2D eigenvalue weighted by molar-refractivity contribution is -0.148. The van der Waals surface area contributed by atoms with Crippen LogP contribution in [0.15, 0.2) is 60.2 Å². The number of nitrogens with one attached hydrogen (secondary N) is 4. The van der Waals surface area contributed by atoms with Crippen molar-refractivity contribution in [3.05, 3.63) is 65.8 Å². The normalized spacial score (nSPS) is 22.2. The van der Waals surface area contributed by atoms with Crippen LogP contribution in [0.3, 0.4) is 0 Å². The Balaban J connectivity index is 1.50. The molecular formula is C59H95N5O13. The molecule has 3 rings (SSSR count). The van der Waals surface area contributed by atoms with Gasteiger partial charge in [0.1, 0.15) is 29.7 Å². The summed E-state index contributed by atoms with van der Waals surface area (Å²) in [7, 11) is 0. The summed E-state index contributed by atoms with van der Waals surface area (Å²) < 4.78 is 0. The van der Waals surface area contributed by atoms with Crippen LogP contribution < -0.4 is 21.4 Å². The maximum atomic E-state index is 14.0. The van der Waals surface area contributed by atoms with Crippen molar-refractivity contribution in [3.63, 3.8) is 0 Å². The molecular weight excluding hydrogens is 987 g/mol. The van der Waals surface area contributed by atoms with Crippen LogP contribution in [0.2, 0.25) is 0 Å². The van der Waals surface area contributed by atoms with Crippen molar-refractivity contribution in [1.29, 1.82) is 0 Å². The van der Waals surface area contributed by atoms with Gasteiger partial charge in [0.15, 0.2) is 0 Å². The van der Waals surface area contributed by atoms with Gasteiger partial charge in [0.05, 0.1) is 36.4 Å². The summed E-state index contributed by atoms with van der Waals surface area (Å²) in [5.74, 6) is -5.41. The summed E-state index contributed by atoms with van der Waals surface area (Å²) in [5.41, 5.74) is 4.15. The number of hydrogen-bond acceptors (Lipinski definition) is 13. The fourth-order valence-electron chi connectivity index (χ4n) is 10.3. The Morgan fingerprint density at radius 3 is 2.10 bits per heavy atom. The molecule has 2 saturated heterocycles. The van der Waals surface area contributed by atoms with Gasteiger partial charge in [-0.05, 0) is 139 Å². The number of carbonyl (C=O) groups excluding carboxylic acids is 5. The summed E-state index contributed by atoms with van der Waals surface area (Å²) in [6.45, 7) is 16.6. The number of aliphatic carboxylic acids is 1. The molecule has 434 valence electrons. The van der Waals surface area contributed by atoms with E-state index in [1.807, 2.05) is 58.9 Å². The van der Waals surface area contributed by atoms with Crippen molar-refractivity contribution in [2.45, 2.75) is 213 Å². The van der Waals surface area contributed by atoms with Crippen LogP contribution in [0.4, 0.5) is 0 Å². The molecule has 0 aromatic heterocycles. The summed E-state index contributed by atoms with van der Waals surface area (Å²) >= 11 is 0. The molecule has 0 saturated carbocycles. The highest BCUT2D eigenvalue weighted by Crippen LogP contribution is 2.30. The van der Waals surface area contributed by atoms with Gasteiger partial charge in [0.2, 0.25) is 17.7 Å². The number of phenols is 1. The van der Waals surface area contributed by atoms with Crippen molar-refractivity contribution < 1.29 is 64.5 Å². The number of piperidine rings is 1. The van der Waals surface area contributed by atoms with E-state index in [0.717, 1.165) is 24.8 Å². The Morgan fingerprint density at radius 1 is 0.792 bits per heavy atom. The molecule has 0 bridgehead atoms. The Morgan fingerprint density at radius 2 is 1.47 bits per heavy atom. The fourth-order valence-corrected chi connectivity index (χ4v) is 10.3. The van der Waals surface area contributed by atoms with E-state index in [1.165, 1.54) is 24.1 Å². The van der Waals surface area contributed by atoms with E-state index >= 15 is 0 Å². The van der Waals surface area contributed by atoms with Crippen LogP contribution in [0, 0.1) is 41.4 Å². The van der Waals surface area contributed by atoms with Crippen LogP contribution >= 0.6 is 0 Å². The van der Waals surface area contributed by atoms with Crippen molar-refractivity contribution in [1.82, 2.24) is 26.4 Å². The number of hydrogen-bond donors (Lipinski definition) is 11. The summed E-state index contributed by atoms with van der Waals surface area (Å²) in [6, 6.07) is 2.76. The van der Waals surface area contributed by atoms with Gasteiger partial charge < -0.3 is 56.5 Å². The third-order valence-corrected chi connectivity index (χ3v) is 15.8. The quantitative estimate of drug-likeness (QED) is 0.0303. The van der Waals surface area contributed by atoms with E-state index in [-0.39, 0.29) is 73.0 Å². The van der Waals surface area contributed by atoms with Gasteiger partial charge in [-0.15, -0.1) is 0 Å². The molecule has 0 radical (unpaired) electrons. The minimum absolute atomic E-state index is 0.0184. The van der Waals surface area contributed by atoms with Crippen LogP contribution in [0.5, 0.6) is 5.75 Å². The molecule has 1 aromatic rings. The third kappa shape index (κ3) is 22.4. The van der Waals surface area contributed by atoms with Crippen LogP contribution in [-0.2, 0) is 35.2 Å². The lowest BCUT2D eigenvalue weighted by atomic mass is 9.80. The first-order chi connectivity index (χ1) is 36.3. The van der Waals surface area contributed by atoms with Gasteiger partial charge in [-0.1, -0.05) is 96.6 Å². The van der Waals surface area contributed by atoms with E-state index in [9.17, 15) is 64.5 Å². The number of aromatic hydroxyl groups is 1. The number of benzene rings is 1. The molecule has 1 aromatic carbocycles. The Kier molecular flexibility index (Phi) is 28.8. The monoisotopic (exact) mass is 1080 g/mol. The second-order valence-corrected chi connectivity index (χ2v) is 22.7. The molecule has 2 fully saturated rings. The zero-order chi connectivity index (χ0) is 57.5. The lowest BCUT2D eigenvalue weighted by Gasteiger charge is -2.36. The summed E-state index contributed by atoms with van der Waals surface area (Å²) in [4.78, 5) is 78.2. The molecule has 11 N–H and O–H groups in total. The number of carboxylic acids is 1. The van der Waals surface area contributed by atoms with Crippen LogP contribution in [-0.4, -0.2) is 137 Å². The summed E-state index contributed by atoms with van der Waals surface area (Å²) in [6.07, 6.45) is 11.4. The van der Waals surface area contributed by atoms with Crippen LogP contribution in [0.25, 0.3) is 0 Å². The zero-order valence-corrected chi connectivity index (χ0v) is 47.3. The highest BCUT2D eigenvalue weighted by molar-refractivity contribution is 5.93. The van der Waals surface area contributed by atoms with Gasteiger partial charge >= 0.3 is 5.97 Å². The molecule has 4 amide bonds. The number of hydrazine groups is 1. The minimum atomic E-state index is -1.21. The maximum Gasteiger partial charge on any atom is 0.322 e. The Labute approximate surface area is 457 Å². The molecule has 2 aliphatic heterocycles. The highest BCUT2D eigenvalue weighted by Gasteiger charge is 2.38. The standard InChI is InChI=1S/C59H95N5O13/c1-10-43-26-28-46(60-55(43)72)41(9)53(70)39(7)24-29-49(67)37(5)23-30-50(68)51(69)32-36(4)18-14-12-11-13-15-19-38(6)54(71)45(27-25-40(8)65)56(73)62-52(35(2)3)57(74)61-48(34-42-20-16-21-44(66)33-42)58(75)64-31-17-22-47(63-64)59(76)77/h11-13,15-16,20-21,32-33,35,37-39,41,43,45-54,63,66-71H,10,14,17-19,22-31,34H2,1-9H3,(H,60,72)(H,61,74)(H,62,73)(H,76,77)/b12-11+,15-13+,36-32+/t37?,38?,39?,41?,43?,45-,46?,47?,48?,49?,50?,51?,52?,53?,54?/m1/s1. The van der Waals surface area contributed by atoms with E-state index in [2.05, 4.69) is 21.4 Å². The molecule has 77 heavy (non-hydrogen) atoms. The number of amides is 4. The zero-order valence-electron chi connectivity index (χ0n) is 47.3. The van der Waals surface area contributed by atoms with Gasteiger partial charge in [0, 0.05) is 37.3 Å². The average molecular weight is 1080 g/mol. The van der Waals surface area contributed by atoms with E-state index < -0.39 is 90.1 Å². The number of aliphatic hydroxyl groups is 5. The van der Waals surface area contributed by atoms with Crippen molar-refractivity contribution in [3.8, 4) is 5.75 Å². The van der Waals surface area contributed by atoms with E-state index in [0.29, 0.717) is 63.4 Å². The van der Waals surface area contributed by atoms with Gasteiger partial charge in [-0.3, -0.25) is 29.0 Å². The first kappa shape index (κ1) is 66.3.